The Labute approximate surface area is 282 Å². The summed E-state index contributed by atoms with van der Waals surface area (Å²) in [6.45, 7) is 4.33. The Kier molecular flexibility index (Phi) is 32.9. The molecule has 3 unspecified atom stereocenters. The molecule has 3 atom stereocenters. The molecule has 0 rings (SSSR count). The highest BCUT2D eigenvalue weighted by Gasteiger charge is 2.13. The zero-order valence-electron chi connectivity index (χ0n) is 27.6. The number of aliphatic carboxylic acids is 1. The highest BCUT2D eigenvalue weighted by molar-refractivity contribution is 8.11. The molecule has 0 radical (unpaired) electrons. The summed E-state index contributed by atoms with van der Waals surface area (Å²) in [7, 11) is 4.75. The van der Waals surface area contributed by atoms with Crippen LogP contribution < -0.4 is 5.32 Å². The second-order valence-electron chi connectivity index (χ2n) is 10.9. The molecule has 15 heteroatoms. The predicted molar refractivity (Wildman–Crippen MR) is 188 cm³/mol. The van der Waals surface area contributed by atoms with Crippen molar-refractivity contribution in [2.24, 2.45) is 0 Å². The van der Waals surface area contributed by atoms with E-state index in [-0.39, 0.29) is 37.6 Å². The van der Waals surface area contributed by atoms with Gasteiger partial charge in [-0.1, -0.05) is 47.8 Å². The van der Waals surface area contributed by atoms with Crippen molar-refractivity contribution in [1.82, 2.24) is 10.2 Å². The summed E-state index contributed by atoms with van der Waals surface area (Å²) in [4.78, 5) is 59.5. The van der Waals surface area contributed by atoms with E-state index >= 15 is 0 Å². The number of carbonyl (C=O) groups excluding carboxylic acids is 4. The molecule has 12 nitrogen and oxygen atoms in total. The molecule has 2 amide bonds. The van der Waals surface area contributed by atoms with Crippen molar-refractivity contribution in [3.63, 3.8) is 0 Å². The van der Waals surface area contributed by atoms with Gasteiger partial charge in [0.25, 0.3) is 0 Å². The van der Waals surface area contributed by atoms with Crippen LogP contribution in [-0.4, -0.2) is 111 Å². The second kappa shape index (κ2) is 33.8. The van der Waals surface area contributed by atoms with E-state index < -0.39 is 5.97 Å². The molecule has 0 spiro atoms. The summed E-state index contributed by atoms with van der Waals surface area (Å²) in [5.41, 5.74) is 0.160. The lowest BCUT2D eigenvalue weighted by atomic mass is 10.1. The third-order valence-electron chi connectivity index (χ3n) is 6.92. The van der Waals surface area contributed by atoms with Crippen LogP contribution in [0.2, 0.25) is 0 Å². The maximum atomic E-state index is 12.9. The van der Waals surface area contributed by atoms with Gasteiger partial charge in [0.05, 0.1) is 52.9 Å². The van der Waals surface area contributed by atoms with Gasteiger partial charge in [-0.3, -0.25) is 24.0 Å². The molecule has 0 aliphatic heterocycles. The van der Waals surface area contributed by atoms with Crippen molar-refractivity contribution in [2.45, 2.75) is 96.3 Å². The monoisotopic (exact) mass is 712 g/mol. The van der Waals surface area contributed by atoms with Crippen molar-refractivity contribution in [3.8, 4) is 0 Å². The molecule has 0 aromatic rings. The first-order valence-corrected chi connectivity index (χ1v) is 20.0. The van der Waals surface area contributed by atoms with Gasteiger partial charge < -0.3 is 34.3 Å². The fourth-order valence-corrected chi connectivity index (χ4v) is 5.06. The first kappa shape index (κ1) is 44.9. The number of carbonyl (C=O) groups is 5. The average molecular weight is 713 g/mol. The first-order valence-electron chi connectivity index (χ1n) is 16.6. The Bertz CT molecular complexity index is 823. The Morgan fingerprint density at radius 3 is 1.59 bits per heavy atom. The minimum Gasteiger partial charge on any atom is -0.481 e. The summed E-state index contributed by atoms with van der Waals surface area (Å²) >= 11 is 0. The molecule has 0 aromatic carbocycles. The molecular weight excluding hydrogens is 653 g/mol. The maximum absolute atomic E-state index is 12.9. The molecule has 268 valence electrons. The Morgan fingerprint density at radius 2 is 1.07 bits per heavy atom. The zero-order valence-corrected chi connectivity index (χ0v) is 30.9. The van der Waals surface area contributed by atoms with Crippen molar-refractivity contribution in [2.75, 3.05) is 72.5 Å². The van der Waals surface area contributed by atoms with Gasteiger partial charge in [-0.25, -0.2) is 0 Å². The van der Waals surface area contributed by atoms with Crippen LogP contribution in [0.15, 0.2) is 0 Å². The fourth-order valence-electron chi connectivity index (χ4n) is 4.26. The molecule has 0 aliphatic rings. The van der Waals surface area contributed by atoms with Gasteiger partial charge in [-0.05, 0) is 34.0 Å². The van der Waals surface area contributed by atoms with E-state index in [4.69, 9.17) is 24.1 Å². The van der Waals surface area contributed by atoms with Crippen LogP contribution >= 0.6 is 26.4 Å². The van der Waals surface area contributed by atoms with Crippen molar-refractivity contribution < 1.29 is 48.0 Å². The SMILES string of the molecule is O=C(O)CCCCCCCCCCC(=O)NCCCCC(=O)N(CCOCCOCCC(=O)P)CCOCCOCCC(=O)PP. The maximum Gasteiger partial charge on any atom is 0.303 e. The third kappa shape index (κ3) is 32.8. The normalized spacial score (nSPS) is 11.3. The van der Waals surface area contributed by atoms with Gasteiger partial charge in [-0.2, -0.15) is 0 Å². The van der Waals surface area contributed by atoms with E-state index in [2.05, 4.69) is 23.5 Å². The van der Waals surface area contributed by atoms with Gasteiger partial charge >= 0.3 is 5.97 Å². The molecule has 0 bridgehead atoms. The molecule has 2 N–H and O–H groups in total. The number of rotatable bonds is 35. The molecule has 0 aromatic heterocycles. The van der Waals surface area contributed by atoms with Crippen LogP contribution in [0.25, 0.3) is 0 Å². The number of carboxylic acid groups (broad SMARTS) is 1. The van der Waals surface area contributed by atoms with Gasteiger partial charge in [0.1, 0.15) is 0 Å². The Hall–Kier alpha value is -1.12. The molecule has 0 heterocycles. The summed E-state index contributed by atoms with van der Waals surface area (Å²) in [6.07, 6.45) is 11.2. The minimum absolute atomic E-state index is 0.000516. The zero-order chi connectivity index (χ0) is 34.1. The smallest absolute Gasteiger partial charge is 0.303 e. The fraction of sp³-hybridized carbons (Fsp3) is 0.839. The quantitative estimate of drug-likeness (QED) is 0.0716. The van der Waals surface area contributed by atoms with E-state index in [1.807, 2.05) is 0 Å². The lowest BCUT2D eigenvalue weighted by Gasteiger charge is -2.23. The number of unbranched alkanes of at least 4 members (excludes halogenated alkanes) is 8. The minimum atomic E-state index is -0.730. The van der Waals surface area contributed by atoms with Gasteiger partial charge in [0, 0.05) is 51.7 Å². The van der Waals surface area contributed by atoms with Crippen LogP contribution in [-0.2, 0) is 42.9 Å². The van der Waals surface area contributed by atoms with Gasteiger partial charge in [0.2, 0.25) is 11.8 Å². The first-order chi connectivity index (χ1) is 22.3. The number of hydrogen-bond acceptors (Lipinski definition) is 9. The van der Waals surface area contributed by atoms with Crippen LogP contribution in [0.3, 0.4) is 0 Å². The van der Waals surface area contributed by atoms with Gasteiger partial charge in [0.15, 0.2) is 11.0 Å². The van der Waals surface area contributed by atoms with E-state index in [1.165, 1.54) is 0 Å². The second-order valence-corrected chi connectivity index (χ2v) is 13.2. The number of nitrogens with one attached hydrogen (secondary N) is 1. The summed E-state index contributed by atoms with van der Waals surface area (Å²) in [5.74, 6) is -0.685. The summed E-state index contributed by atoms with van der Waals surface area (Å²) in [6, 6.07) is 0. The highest BCUT2D eigenvalue weighted by atomic mass is 32.0. The van der Waals surface area contributed by atoms with E-state index in [0.29, 0.717) is 111 Å². The number of carboxylic acids is 1. The van der Waals surface area contributed by atoms with E-state index in [0.717, 1.165) is 51.4 Å². The van der Waals surface area contributed by atoms with Crippen LogP contribution in [0, 0.1) is 0 Å². The van der Waals surface area contributed by atoms with Crippen molar-refractivity contribution >= 4 is 55.3 Å². The topological polar surface area (TPSA) is 158 Å². The average Bonchev–Trinajstić information content (AvgIpc) is 3.02. The van der Waals surface area contributed by atoms with Crippen molar-refractivity contribution in [1.29, 1.82) is 0 Å². The van der Waals surface area contributed by atoms with E-state index in [9.17, 15) is 24.0 Å². The van der Waals surface area contributed by atoms with Crippen LogP contribution in [0.4, 0.5) is 0 Å². The van der Waals surface area contributed by atoms with Gasteiger partial charge in [-0.15, -0.1) is 8.93 Å². The number of hydrogen-bond donors (Lipinski definition) is 2. The molecular formula is C31H59N2O10P3. The molecule has 46 heavy (non-hydrogen) atoms. The van der Waals surface area contributed by atoms with Crippen LogP contribution in [0.1, 0.15) is 96.3 Å². The molecule has 0 fully saturated rings. The van der Waals surface area contributed by atoms with Crippen LogP contribution in [0.5, 0.6) is 0 Å². The predicted octanol–water partition coefficient (Wildman–Crippen LogP) is 4.33. The lowest BCUT2D eigenvalue weighted by molar-refractivity contribution is -0.137. The lowest BCUT2D eigenvalue weighted by Crippen LogP contribution is -2.37. The van der Waals surface area contributed by atoms with E-state index in [1.54, 1.807) is 4.90 Å². The largest absolute Gasteiger partial charge is 0.481 e. The number of ether oxygens (including phenoxy) is 4. The Morgan fingerprint density at radius 1 is 0.587 bits per heavy atom. The Balaban J connectivity index is 4.12. The molecule has 0 saturated heterocycles. The summed E-state index contributed by atoms with van der Waals surface area (Å²) in [5, 5.41) is 11.6. The standard InChI is InChI=1S/C31H59N2O10P3/c34-27(11-7-5-3-1-2-4-6-8-13-29(36)37)32-16-10-9-12-28(35)33(17-21-42-25-23-40-19-14-30(38)44)18-22-43-26-24-41-20-15-31(39)46-45/h46H,1-26,44-45H2,(H,32,34)(H,36,37). The highest BCUT2D eigenvalue weighted by Crippen LogP contribution is 2.22. The molecule has 0 aliphatic carbocycles. The summed E-state index contributed by atoms with van der Waals surface area (Å²) < 4.78 is 22.0. The van der Waals surface area contributed by atoms with Crippen molar-refractivity contribution in [3.05, 3.63) is 0 Å². The number of nitrogens with zero attached hydrogens (tertiary/aromatic N) is 1. The number of amides is 2. The molecule has 0 saturated carbocycles. The third-order valence-corrected chi connectivity index (χ3v) is 8.75.